The van der Waals surface area contributed by atoms with Gasteiger partial charge >= 0.3 is 0 Å². The van der Waals surface area contributed by atoms with Gasteiger partial charge in [-0.05, 0) is 55.8 Å². The first-order chi connectivity index (χ1) is 9.44. The summed E-state index contributed by atoms with van der Waals surface area (Å²) in [5.74, 6) is 1.33. The van der Waals surface area contributed by atoms with E-state index >= 15 is 0 Å². The molecule has 2 unspecified atom stereocenters. The van der Waals surface area contributed by atoms with E-state index in [1.54, 1.807) is 0 Å². The van der Waals surface area contributed by atoms with E-state index in [1.807, 2.05) is 12.1 Å². The molecule has 1 aliphatic rings. The first-order valence-electron chi connectivity index (χ1n) is 7.64. The zero-order valence-electron chi connectivity index (χ0n) is 12.9. The van der Waals surface area contributed by atoms with Gasteiger partial charge in [0.25, 0.3) is 0 Å². The van der Waals surface area contributed by atoms with Crippen LogP contribution >= 0.6 is 0 Å². The highest BCUT2D eigenvalue weighted by atomic mass is 19.1. The van der Waals surface area contributed by atoms with Crippen molar-refractivity contribution in [1.82, 2.24) is 4.90 Å². The molecule has 1 heterocycles. The third kappa shape index (κ3) is 3.39. The van der Waals surface area contributed by atoms with E-state index in [4.69, 9.17) is 5.73 Å². The summed E-state index contributed by atoms with van der Waals surface area (Å²) >= 11 is 0. The Labute approximate surface area is 122 Å². The molecule has 112 valence electrons. The summed E-state index contributed by atoms with van der Waals surface area (Å²) < 4.78 is 13.0. The number of nitrogens with two attached hydrogens (primary N) is 1. The maximum Gasteiger partial charge on any atom is 0.123 e. The lowest BCUT2D eigenvalue weighted by Crippen LogP contribution is -2.52. The number of rotatable bonds is 5. The fourth-order valence-corrected chi connectivity index (χ4v) is 3.18. The van der Waals surface area contributed by atoms with Gasteiger partial charge in [-0.1, -0.05) is 26.0 Å². The largest absolute Gasteiger partial charge is 0.329 e. The second-order valence-electron chi connectivity index (χ2n) is 6.74. The Hall–Kier alpha value is -0.930. The smallest absolute Gasteiger partial charge is 0.123 e. The van der Waals surface area contributed by atoms with Crippen LogP contribution in [-0.2, 0) is 6.42 Å². The van der Waals surface area contributed by atoms with Crippen molar-refractivity contribution in [2.24, 2.45) is 17.6 Å². The van der Waals surface area contributed by atoms with Crippen LogP contribution in [0.4, 0.5) is 4.39 Å². The van der Waals surface area contributed by atoms with Gasteiger partial charge < -0.3 is 5.73 Å². The summed E-state index contributed by atoms with van der Waals surface area (Å²) in [5, 5.41) is 0. The molecule has 2 atom stereocenters. The number of likely N-dealkylation sites (tertiary alicyclic amines) is 1. The van der Waals surface area contributed by atoms with Gasteiger partial charge in [0.1, 0.15) is 5.82 Å². The normalized spacial score (nSPS) is 23.2. The van der Waals surface area contributed by atoms with Crippen molar-refractivity contribution in [3.63, 3.8) is 0 Å². The lowest BCUT2D eigenvalue weighted by molar-refractivity contribution is 0.133. The Morgan fingerprint density at radius 2 is 2.00 bits per heavy atom. The first-order valence-corrected chi connectivity index (χ1v) is 7.64. The molecule has 0 spiro atoms. The Morgan fingerprint density at radius 3 is 2.50 bits per heavy atom. The topological polar surface area (TPSA) is 29.3 Å². The van der Waals surface area contributed by atoms with Crippen molar-refractivity contribution >= 4 is 0 Å². The zero-order valence-corrected chi connectivity index (χ0v) is 12.9. The van der Waals surface area contributed by atoms with E-state index in [1.165, 1.54) is 18.6 Å². The van der Waals surface area contributed by atoms with Crippen molar-refractivity contribution in [3.8, 4) is 0 Å². The molecule has 0 bridgehead atoms. The van der Waals surface area contributed by atoms with Gasteiger partial charge in [0.05, 0.1) is 0 Å². The molecule has 20 heavy (non-hydrogen) atoms. The summed E-state index contributed by atoms with van der Waals surface area (Å²) in [6.45, 7) is 9.72. The van der Waals surface area contributed by atoms with Gasteiger partial charge in [0.15, 0.2) is 0 Å². The van der Waals surface area contributed by atoms with Crippen LogP contribution in [0.15, 0.2) is 24.3 Å². The predicted octanol–water partition coefficient (Wildman–Crippen LogP) is 3.06. The van der Waals surface area contributed by atoms with E-state index in [0.29, 0.717) is 6.54 Å². The van der Waals surface area contributed by atoms with Crippen LogP contribution in [0.2, 0.25) is 0 Å². The molecule has 2 N–H and O–H groups in total. The molecule has 2 nitrogen and oxygen atoms in total. The van der Waals surface area contributed by atoms with E-state index in [0.717, 1.165) is 36.9 Å². The van der Waals surface area contributed by atoms with Gasteiger partial charge in [-0.3, -0.25) is 4.90 Å². The van der Waals surface area contributed by atoms with Gasteiger partial charge in [0, 0.05) is 18.6 Å². The van der Waals surface area contributed by atoms with Crippen LogP contribution in [0.1, 0.15) is 32.8 Å². The summed E-state index contributed by atoms with van der Waals surface area (Å²) in [4.78, 5) is 2.53. The molecule has 0 saturated carbocycles. The Kier molecular flexibility index (Phi) is 4.82. The number of benzene rings is 1. The quantitative estimate of drug-likeness (QED) is 0.897. The maximum absolute atomic E-state index is 13.0. The summed E-state index contributed by atoms with van der Waals surface area (Å²) in [7, 11) is 0. The SMILES string of the molecule is CC(C)C1CCN(C(C)(CN)Cc2ccc(F)cc2)C1. The van der Waals surface area contributed by atoms with Crippen LogP contribution in [0.5, 0.6) is 0 Å². The van der Waals surface area contributed by atoms with Crippen molar-refractivity contribution in [1.29, 1.82) is 0 Å². The van der Waals surface area contributed by atoms with Crippen molar-refractivity contribution < 1.29 is 4.39 Å². The Balaban J connectivity index is 2.07. The van der Waals surface area contributed by atoms with Crippen molar-refractivity contribution in [2.45, 2.75) is 39.2 Å². The monoisotopic (exact) mass is 278 g/mol. The number of halogens is 1. The third-order valence-electron chi connectivity index (χ3n) is 4.87. The van der Waals surface area contributed by atoms with Crippen molar-refractivity contribution in [3.05, 3.63) is 35.6 Å². The minimum Gasteiger partial charge on any atom is -0.329 e. The number of hydrogen-bond acceptors (Lipinski definition) is 2. The molecule has 0 radical (unpaired) electrons. The summed E-state index contributed by atoms with van der Waals surface area (Å²) in [5.41, 5.74) is 7.20. The molecule has 1 aliphatic heterocycles. The van der Waals surface area contributed by atoms with E-state index in [9.17, 15) is 4.39 Å². The second kappa shape index (κ2) is 6.23. The number of hydrogen-bond donors (Lipinski definition) is 1. The zero-order chi connectivity index (χ0) is 14.8. The van der Waals surface area contributed by atoms with Crippen LogP contribution in [-0.4, -0.2) is 30.1 Å². The predicted molar refractivity (Wildman–Crippen MR) is 82.1 cm³/mol. The van der Waals surface area contributed by atoms with Gasteiger partial charge in [-0.25, -0.2) is 4.39 Å². The van der Waals surface area contributed by atoms with Crippen LogP contribution in [0.25, 0.3) is 0 Å². The molecule has 0 aliphatic carbocycles. The molecule has 0 aromatic heterocycles. The fourth-order valence-electron chi connectivity index (χ4n) is 3.18. The standard InChI is InChI=1S/C17H27FN2/c1-13(2)15-8-9-20(11-15)17(3,12-19)10-14-4-6-16(18)7-5-14/h4-7,13,15H,8-12,19H2,1-3H3. The molecule has 1 saturated heterocycles. The van der Waals surface area contributed by atoms with Crippen LogP contribution in [0, 0.1) is 17.7 Å². The minimum atomic E-state index is -0.177. The van der Waals surface area contributed by atoms with Crippen molar-refractivity contribution in [2.75, 3.05) is 19.6 Å². The van der Waals surface area contributed by atoms with Crippen LogP contribution < -0.4 is 5.73 Å². The van der Waals surface area contributed by atoms with Gasteiger partial charge in [-0.2, -0.15) is 0 Å². The Morgan fingerprint density at radius 1 is 1.35 bits per heavy atom. The molecule has 0 amide bonds. The van der Waals surface area contributed by atoms with E-state index in [-0.39, 0.29) is 11.4 Å². The summed E-state index contributed by atoms with van der Waals surface area (Å²) in [6.07, 6.45) is 2.14. The maximum atomic E-state index is 13.0. The third-order valence-corrected chi connectivity index (χ3v) is 4.87. The molecular weight excluding hydrogens is 251 g/mol. The van der Waals surface area contributed by atoms with Crippen LogP contribution in [0.3, 0.4) is 0 Å². The minimum absolute atomic E-state index is 0.0263. The van der Waals surface area contributed by atoms with E-state index in [2.05, 4.69) is 25.7 Å². The highest BCUT2D eigenvalue weighted by Gasteiger charge is 2.36. The summed E-state index contributed by atoms with van der Waals surface area (Å²) in [6, 6.07) is 6.82. The van der Waals surface area contributed by atoms with E-state index < -0.39 is 0 Å². The lowest BCUT2D eigenvalue weighted by Gasteiger charge is -2.38. The fraction of sp³-hybridized carbons (Fsp3) is 0.647. The molecule has 1 aromatic carbocycles. The molecule has 3 heteroatoms. The highest BCUT2D eigenvalue weighted by Crippen LogP contribution is 2.30. The highest BCUT2D eigenvalue weighted by molar-refractivity contribution is 5.19. The Bertz CT molecular complexity index is 429. The molecule has 1 fully saturated rings. The average molecular weight is 278 g/mol. The second-order valence-corrected chi connectivity index (χ2v) is 6.74. The lowest BCUT2D eigenvalue weighted by atomic mass is 9.90. The van der Waals surface area contributed by atoms with Gasteiger partial charge in [-0.15, -0.1) is 0 Å². The van der Waals surface area contributed by atoms with Gasteiger partial charge in [0.2, 0.25) is 0 Å². The molecular formula is C17H27FN2. The number of nitrogens with zero attached hydrogens (tertiary/aromatic N) is 1. The average Bonchev–Trinajstić information content (AvgIpc) is 2.92. The molecule has 1 aromatic rings. The first kappa shape index (κ1) is 15.5. The molecule has 2 rings (SSSR count).